The smallest absolute Gasteiger partial charge is 0.180 e. The van der Waals surface area contributed by atoms with Crippen molar-refractivity contribution in [3.63, 3.8) is 0 Å². The molecule has 2 atom stereocenters. The Bertz CT molecular complexity index is 80.9. The molecular formula is C7H16O3. The summed E-state index contributed by atoms with van der Waals surface area (Å²) in [4.78, 5) is 0. The van der Waals surface area contributed by atoms with Crippen LogP contribution in [0.1, 0.15) is 20.8 Å². The molecule has 0 saturated carbocycles. The van der Waals surface area contributed by atoms with Gasteiger partial charge in [-0.1, -0.05) is 13.8 Å². The van der Waals surface area contributed by atoms with E-state index in [2.05, 4.69) is 0 Å². The maximum absolute atomic E-state index is 8.90. The summed E-state index contributed by atoms with van der Waals surface area (Å²) in [6.45, 7) is 5.93. The second kappa shape index (κ2) is 4.66. The van der Waals surface area contributed by atoms with Gasteiger partial charge in [-0.3, -0.25) is 0 Å². The van der Waals surface area contributed by atoms with Crippen LogP contribution in [0.4, 0.5) is 0 Å². The van der Waals surface area contributed by atoms with Gasteiger partial charge in [0.15, 0.2) is 6.29 Å². The molecule has 2 unspecified atom stereocenters. The van der Waals surface area contributed by atoms with Crippen LogP contribution in [0.15, 0.2) is 0 Å². The van der Waals surface area contributed by atoms with Gasteiger partial charge in [0.1, 0.15) is 6.10 Å². The number of aliphatic hydroxyl groups is 2. The first-order chi connectivity index (χ1) is 4.54. The fourth-order valence-corrected chi connectivity index (χ4v) is 0.430. The molecule has 3 nitrogen and oxygen atoms in total. The molecule has 0 aliphatic carbocycles. The minimum atomic E-state index is -1.04. The van der Waals surface area contributed by atoms with Gasteiger partial charge in [0.25, 0.3) is 0 Å². The van der Waals surface area contributed by atoms with Gasteiger partial charge in [0, 0.05) is 0 Å². The van der Waals surface area contributed by atoms with Crippen LogP contribution >= 0.6 is 0 Å². The molecule has 0 spiro atoms. The zero-order valence-corrected chi connectivity index (χ0v) is 6.74. The van der Waals surface area contributed by atoms with Gasteiger partial charge in [-0.05, 0) is 12.8 Å². The number of ether oxygens (including phenoxy) is 1. The summed E-state index contributed by atoms with van der Waals surface area (Å²) < 4.78 is 4.87. The molecule has 0 bridgehead atoms. The van der Waals surface area contributed by atoms with Crippen LogP contribution in [0.3, 0.4) is 0 Å². The summed E-state index contributed by atoms with van der Waals surface area (Å²) in [7, 11) is 0. The fourth-order valence-electron chi connectivity index (χ4n) is 0.430. The van der Waals surface area contributed by atoms with Crippen LogP contribution in [0.5, 0.6) is 0 Å². The van der Waals surface area contributed by atoms with Gasteiger partial charge in [-0.2, -0.15) is 0 Å². The third kappa shape index (κ3) is 4.73. The molecule has 0 aromatic heterocycles. The van der Waals surface area contributed by atoms with Crippen molar-refractivity contribution >= 4 is 0 Å². The lowest BCUT2D eigenvalue weighted by molar-refractivity contribution is -0.161. The molecule has 0 aliphatic heterocycles. The third-order valence-corrected chi connectivity index (χ3v) is 1.01. The van der Waals surface area contributed by atoms with Gasteiger partial charge in [-0.25, -0.2) is 0 Å². The highest BCUT2D eigenvalue weighted by Gasteiger charge is 2.10. The van der Waals surface area contributed by atoms with Crippen molar-refractivity contribution in [2.75, 3.05) is 6.61 Å². The van der Waals surface area contributed by atoms with Crippen LogP contribution in [-0.2, 0) is 4.74 Å². The van der Waals surface area contributed by atoms with E-state index in [1.54, 1.807) is 0 Å². The second-order valence-corrected chi connectivity index (χ2v) is 2.86. The van der Waals surface area contributed by atoms with Crippen LogP contribution in [0.2, 0.25) is 0 Å². The van der Waals surface area contributed by atoms with E-state index in [1.807, 2.05) is 13.8 Å². The van der Waals surface area contributed by atoms with Crippen LogP contribution in [0, 0.1) is 5.92 Å². The highest BCUT2D eigenvalue weighted by molar-refractivity contribution is 4.50. The van der Waals surface area contributed by atoms with Crippen LogP contribution < -0.4 is 0 Å². The van der Waals surface area contributed by atoms with E-state index < -0.39 is 12.4 Å². The van der Waals surface area contributed by atoms with Crippen molar-refractivity contribution in [1.29, 1.82) is 0 Å². The molecule has 0 amide bonds. The predicted molar refractivity (Wildman–Crippen MR) is 38.5 cm³/mol. The number of hydrogen-bond donors (Lipinski definition) is 2. The van der Waals surface area contributed by atoms with E-state index in [4.69, 9.17) is 14.9 Å². The highest BCUT2D eigenvalue weighted by atomic mass is 16.6. The van der Waals surface area contributed by atoms with Gasteiger partial charge in [0.05, 0.1) is 6.61 Å². The first-order valence-electron chi connectivity index (χ1n) is 3.51. The van der Waals surface area contributed by atoms with Crippen molar-refractivity contribution in [1.82, 2.24) is 0 Å². The number of rotatable bonds is 4. The van der Waals surface area contributed by atoms with Gasteiger partial charge >= 0.3 is 0 Å². The monoisotopic (exact) mass is 148 g/mol. The molecular weight excluding hydrogens is 132 g/mol. The zero-order chi connectivity index (χ0) is 8.15. The Morgan fingerprint density at radius 1 is 1.20 bits per heavy atom. The number of aliphatic hydroxyl groups excluding tert-OH is 2. The lowest BCUT2D eigenvalue weighted by Gasteiger charge is -2.15. The summed E-state index contributed by atoms with van der Waals surface area (Å²) >= 11 is 0. The van der Waals surface area contributed by atoms with E-state index >= 15 is 0 Å². The van der Waals surface area contributed by atoms with Crippen molar-refractivity contribution in [2.45, 2.75) is 33.2 Å². The first-order valence-corrected chi connectivity index (χ1v) is 3.51. The normalized spacial score (nSPS) is 17.4. The third-order valence-electron chi connectivity index (χ3n) is 1.01. The molecule has 0 aromatic carbocycles. The molecule has 0 aromatic rings. The van der Waals surface area contributed by atoms with Crippen molar-refractivity contribution in [3.05, 3.63) is 0 Å². The lowest BCUT2D eigenvalue weighted by atomic mass is 10.2. The molecule has 3 heteroatoms. The Balaban J connectivity index is 3.30. The van der Waals surface area contributed by atoms with Crippen molar-refractivity contribution in [3.8, 4) is 0 Å². The summed E-state index contributed by atoms with van der Waals surface area (Å²) in [6.07, 6.45) is -1.85. The van der Waals surface area contributed by atoms with Crippen LogP contribution in [0.25, 0.3) is 0 Å². The summed E-state index contributed by atoms with van der Waals surface area (Å²) in [6, 6.07) is 0. The van der Waals surface area contributed by atoms with E-state index in [-0.39, 0.29) is 0 Å². The fraction of sp³-hybridized carbons (Fsp3) is 1.00. The van der Waals surface area contributed by atoms with Gasteiger partial charge < -0.3 is 14.9 Å². The van der Waals surface area contributed by atoms with Crippen molar-refractivity contribution in [2.24, 2.45) is 5.92 Å². The minimum absolute atomic E-state index is 0.383. The van der Waals surface area contributed by atoms with E-state index in [9.17, 15) is 0 Å². The largest absolute Gasteiger partial charge is 0.388 e. The van der Waals surface area contributed by atoms with Crippen LogP contribution in [-0.4, -0.2) is 29.2 Å². The molecule has 62 valence electrons. The standard InChI is InChI=1S/C7H16O3/c1-5(2)4-10-7(9)6(3)8/h5-9H,4H2,1-3H3. The Morgan fingerprint density at radius 2 is 1.70 bits per heavy atom. The van der Waals surface area contributed by atoms with Crippen molar-refractivity contribution < 1.29 is 14.9 Å². The molecule has 0 heterocycles. The average Bonchev–Trinajstić information content (AvgIpc) is 1.82. The Labute approximate surface area is 61.6 Å². The lowest BCUT2D eigenvalue weighted by Crippen LogP contribution is -2.27. The Kier molecular flexibility index (Phi) is 4.60. The zero-order valence-electron chi connectivity index (χ0n) is 6.74. The van der Waals surface area contributed by atoms with E-state index in [0.29, 0.717) is 12.5 Å². The second-order valence-electron chi connectivity index (χ2n) is 2.86. The molecule has 0 saturated heterocycles. The molecule has 0 rings (SSSR count). The molecule has 0 fully saturated rings. The summed E-state index contributed by atoms with van der Waals surface area (Å²) in [5.74, 6) is 0.383. The van der Waals surface area contributed by atoms with E-state index in [0.717, 1.165) is 0 Å². The van der Waals surface area contributed by atoms with Gasteiger partial charge in [-0.15, -0.1) is 0 Å². The molecule has 10 heavy (non-hydrogen) atoms. The predicted octanol–water partition coefficient (Wildman–Crippen LogP) is 0.358. The molecule has 0 aliphatic rings. The first kappa shape index (κ1) is 9.88. The van der Waals surface area contributed by atoms with E-state index in [1.165, 1.54) is 6.92 Å². The maximum atomic E-state index is 8.90. The minimum Gasteiger partial charge on any atom is -0.388 e. The quantitative estimate of drug-likeness (QED) is 0.566. The summed E-state index contributed by atoms with van der Waals surface area (Å²) in [5.41, 5.74) is 0. The topological polar surface area (TPSA) is 49.7 Å². The Hall–Kier alpha value is -0.120. The average molecular weight is 148 g/mol. The SMILES string of the molecule is CC(C)COC(O)C(C)O. The Morgan fingerprint density at radius 3 is 2.00 bits per heavy atom. The summed E-state index contributed by atoms with van der Waals surface area (Å²) in [5, 5.41) is 17.7. The maximum Gasteiger partial charge on any atom is 0.180 e. The number of hydrogen-bond acceptors (Lipinski definition) is 3. The van der Waals surface area contributed by atoms with Gasteiger partial charge in [0.2, 0.25) is 0 Å². The molecule has 2 N–H and O–H groups in total. The highest BCUT2D eigenvalue weighted by Crippen LogP contribution is 1.98. The molecule has 0 radical (unpaired) electrons.